The van der Waals surface area contributed by atoms with Crippen LogP contribution in [0.5, 0.6) is 0 Å². The fourth-order valence-corrected chi connectivity index (χ4v) is 3.14. The zero-order chi connectivity index (χ0) is 9.26. The van der Waals surface area contributed by atoms with E-state index in [1.807, 2.05) is 0 Å². The molecule has 13 heavy (non-hydrogen) atoms. The van der Waals surface area contributed by atoms with Gasteiger partial charge in [-0.25, -0.2) is 0 Å². The zero-order valence-corrected chi connectivity index (χ0v) is 9.00. The highest BCUT2D eigenvalue weighted by Gasteiger charge is 2.31. The molecule has 1 saturated carbocycles. The average molecular weight is 178 g/mol. The SMILES string of the molecule is CC1C=CC2CCCCCC2C1C. The lowest BCUT2D eigenvalue weighted by Gasteiger charge is -2.35. The molecule has 0 nitrogen and oxygen atoms in total. The minimum absolute atomic E-state index is 0.819. The van der Waals surface area contributed by atoms with Crippen LogP contribution in [0, 0.1) is 23.7 Å². The van der Waals surface area contributed by atoms with E-state index in [0.717, 1.165) is 23.7 Å². The van der Waals surface area contributed by atoms with Crippen LogP contribution in [0.15, 0.2) is 12.2 Å². The molecule has 0 N–H and O–H groups in total. The van der Waals surface area contributed by atoms with Crippen LogP contribution in [0.25, 0.3) is 0 Å². The summed E-state index contributed by atoms with van der Waals surface area (Å²) in [5.74, 6) is 3.67. The van der Waals surface area contributed by atoms with Crippen LogP contribution in [0.2, 0.25) is 0 Å². The zero-order valence-electron chi connectivity index (χ0n) is 9.00. The Morgan fingerprint density at radius 1 is 0.923 bits per heavy atom. The van der Waals surface area contributed by atoms with Crippen molar-refractivity contribution in [2.75, 3.05) is 0 Å². The van der Waals surface area contributed by atoms with E-state index in [1.165, 1.54) is 32.1 Å². The third kappa shape index (κ3) is 1.82. The Balaban J connectivity index is 2.13. The molecule has 0 radical (unpaired) electrons. The van der Waals surface area contributed by atoms with E-state index >= 15 is 0 Å². The summed E-state index contributed by atoms with van der Waals surface area (Å²) in [6, 6.07) is 0. The fraction of sp³-hybridized carbons (Fsp3) is 0.846. The second kappa shape index (κ2) is 3.86. The Kier molecular flexibility index (Phi) is 2.76. The van der Waals surface area contributed by atoms with Gasteiger partial charge >= 0.3 is 0 Å². The largest absolute Gasteiger partial charge is 0.0851 e. The monoisotopic (exact) mass is 178 g/mol. The van der Waals surface area contributed by atoms with Gasteiger partial charge in [-0.05, 0) is 36.5 Å². The highest BCUT2D eigenvalue weighted by atomic mass is 14.4. The van der Waals surface area contributed by atoms with Crippen molar-refractivity contribution in [2.45, 2.75) is 46.0 Å². The molecule has 4 atom stereocenters. The predicted molar refractivity (Wildman–Crippen MR) is 57.5 cm³/mol. The van der Waals surface area contributed by atoms with Crippen LogP contribution in [-0.2, 0) is 0 Å². The van der Waals surface area contributed by atoms with Crippen molar-refractivity contribution in [3.63, 3.8) is 0 Å². The number of hydrogen-bond acceptors (Lipinski definition) is 0. The lowest BCUT2D eigenvalue weighted by atomic mass is 9.70. The van der Waals surface area contributed by atoms with Gasteiger partial charge in [0, 0.05) is 0 Å². The van der Waals surface area contributed by atoms with Crippen molar-refractivity contribution >= 4 is 0 Å². The Morgan fingerprint density at radius 3 is 2.54 bits per heavy atom. The van der Waals surface area contributed by atoms with E-state index in [0.29, 0.717) is 0 Å². The highest BCUT2D eigenvalue weighted by Crippen LogP contribution is 2.41. The van der Waals surface area contributed by atoms with Gasteiger partial charge in [-0.3, -0.25) is 0 Å². The van der Waals surface area contributed by atoms with Crippen molar-refractivity contribution < 1.29 is 0 Å². The third-order valence-corrected chi connectivity index (χ3v) is 4.29. The second-order valence-electron chi connectivity index (χ2n) is 5.07. The van der Waals surface area contributed by atoms with Crippen LogP contribution in [0.4, 0.5) is 0 Å². The third-order valence-electron chi connectivity index (χ3n) is 4.29. The molecule has 0 heteroatoms. The summed E-state index contributed by atoms with van der Waals surface area (Å²) in [6.45, 7) is 4.83. The van der Waals surface area contributed by atoms with Crippen LogP contribution < -0.4 is 0 Å². The van der Waals surface area contributed by atoms with Gasteiger partial charge < -0.3 is 0 Å². The van der Waals surface area contributed by atoms with E-state index in [-0.39, 0.29) is 0 Å². The van der Waals surface area contributed by atoms with Crippen LogP contribution in [0.1, 0.15) is 46.0 Å². The van der Waals surface area contributed by atoms with Gasteiger partial charge in [0.1, 0.15) is 0 Å². The predicted octanol–water partition coefficient (Wildman–Crippen LogP) is 4.02. The molecule has 0 saturated heterocycles. The smallest absolute Gasteiger partial charge is 0.0202 e. The summed E-state index contributed by atoms with van der Waals surface area (Å²) in [6.07, 6.45) is 12.3. The topological polar surface area (TPSA) is 0 Å². The standard InChI is InChI=1S/C13H22/c1-10-8-9-12-6-4-3-5-7-13(12)11(10)2/h8-13H,3-7H2,1-2H3. The summed E-state index contributed by atoms with van der Waals surface area (Å²) in [5, 5.41) is 0. The summed E-state index contributed by atoms with van der Waals surface area (Å²) in [5.41, 5.74) is 0. The normalized spacial score (nSPS) is 45.4. The molecular formula is C13H22. The van der Waals surface area contributed by atoms with Crippen molar-refractivity contribution in [2.24, 2.45) is 23.7 Å². The lowest BCUT2D eigenvalue weighted by Crippen LogP contribution is -2.27. The highest BCUT2D eigenvalue weighted by molar-refractivity contribution is 5.03. The molecule has 2 aliphatic carbocycles. The van der Waals surface area contributed by atoms with Gasteiger partial charge in [0.25, 0.3) is 0 Å². The van der Waals surface area contributed by atoms with E-state index in [4.69, 9.17) is 0 Å². The molecule has 2 rings (SSSR count). The van der Waals surface area contributed by atoms with E-state index < -0.39 is 0 Å². The minimum atomic E-state index is 0.819. The van der Waals surface area contributed by atoms with Crippen LogP contribution >= 0.6 is 0 Å². The number of rotatable bonds is 0. The maximum Gasteiger partial charge on any atom is -0.0202 e. The van der Waals surface area contributed by atoms with Crippen molar-refractivity contribution in [3.05, 3.63) is 12.2 Å². The molecule has 2 aliphatic rings. The first kappa shape index (κ1) is 9.30. The van der Waals surface area contributed by atoms with Gasteiger partial charge in [0.15, 0.2) is 0 Å². The first-order valence-corrected chi connectivity index (χ1v) is 5.97. The Hall–Kier alpha value is -0.260. The molecule has 0 aromatic rings. The van der Waals surface area contributed by atoms with Crippen LogP contribution in [-0.4, -0.2) is 0 Å². The minimum Gasteiger partial charge on any atom is -0.0851 e. The molecule has 1 fully saturated rings. The summed E-state index contributed by atoms with van der Waals surface area (Å²) >= 11 is 0. The molecule has 0 aromatic heterocycles. The molecule has 74 valence electrons. The van der Waals surface area contributed by atoms with Gasteiger partial charge in [0.05, 0.1) is 0 Å². The average Bonchev–Trinajstić information content (AvgIpc) is 2.36. The quantitative estimate of drug-likeness (QED) is 0.491. The molecule has 4 unspecified atom stereocenters. The Labute approximate surface area is 82.4 Å². The number of allylic oxidation sites excluding steroid dienone is 2. The van der Waals surface area contributed by atoms with Crippen molar-refractivity contribution in [1.29, 1.82) is 0 Å². The first-order valence-electron chi connectivity index (χ1n) is 5.97. The van der Waals surface area contributed by atoms with Gasteiger partial charge in [-0.15, -0.1) is 0 Å². The Morgan fingerprint density at radius 2 is 1.69 bits per heavy atom. The molecule has 0 bridgehead atoms. The molecule has 0 aromatic carbocycles. The van der Waals surface area contributed by atoms with E-state index in [1.54, 1.807) is 0 Å². The molecule has 0 spiro atoms. The fourth-order valence-electron chi connectivity index (χ4n) is 3.14. The second-order valence-corrected chi connectivity index (χ2v) is 5.07. The van der Waals surface area contributed by atoms with Gasteiger partial charge in [-0.2, -0.15) is 0 Å². The maximum atomic E-state index is 2.51. The molecule has 0 heterocycles. The van der Waals surface area contributed by atoms with E-state index in [9.17, 15) is 0 Å². The summed E-state index contributed by atoms with van der Waals surface area (Å²) in [4.78, 5) is 0. The van der Waals surface area contributed by atoms with Crippen molar-refractivity contribution in [3.8, 4) is 0 Å². The number of fused-ring (bicyclic) bond motifs is 1. The summed E-state index contributed by atoms with van der Waals surface area (Å²) < 4.78 is 0. The molecule has 0 aliphatic heterocycles. The van der Waals surface area contributed by atoms with Gasteiger partial charge in [-0.1, -0.05) is 45.3 Å². The van der Waals surface area contributed by atoms with Crippen LogP contribution in [0.3, 0.4) is 0 Å². The van der Waals surface area contributed by atoms with Gasteiger partial charge in [0.2, 0.25) is 0 Å². The first-order chi connectivity index (χ1) is 6.29. The van der Waals surface area contributed by atoms with Crippen molar-refractivity contribution in [1.82, 2.24) is 0 Å². The Bertz CT molecular complexity index is 192. The maximum absolute atomic E-state index is 2.51. The number of hydrogen-bond donors (Lipinski definition) is 0. The molecular weight excluding hydrogens is 156 g/mol. The molecule has 0 amide bonds. The van der Waals surface area contributed by atoms with E-state index in [2.05, 4.69) is 26.0 Å². The summed E-state index contributed by atoms with van der Waals surface area (Å²) in [7, 11) is 0. The lowest BCUT2D eigenvalue weighted by molar-refractivity contribution is 0.206.